The van der Waals surface area contributed by atoms with Gasteiger partial charge in [0.05, 0.1) is 0 Å². The van der Waals surface area contributed by atoms with Gasteiger partial charge in [-0.1, -0.05) is 12.1 Å². The molecule has 2 rings (SSSR count). The van der Waals surface area contributed by atoms with Crippen molar-refractivity contribution in [3.63, 3.8) is 0 Å². The fraction of sp³-hybridized carbons (Fsp3) is 0.500. The van der Waals surface area contributed by atoms with Crippen LogP contribution >= 0.6 is 0 Å². The van der Waals surface area contributed by atoms with E-state index in [9.17, 15) is 9.59 Å². The van der Waals surface area contributed by atoms with Gasteiger partial charge >= 0.3 is 0 Å². The Morgan fingerprint density at radius 2 is 2.00 bits per heavy atom. The van der Waals surface area contributed by atoms with E-state index in [1.54, 1.807) is 0 Å². The maximum absolute atomic E-state index is 12.5. The van der Waals surface area contributed by atoms with E-state index in [0.29, 0.717) is 24.6 Å². The molecule has 0 bridgehead atoms. The van der Waals surface area contributed by atoms with Gasteiger partial charge in [0.1, 0.15) is 0 Å². The molecule has 0 aliphatic carbocycles. The van der Waals surface area contributed by atoms with E-state index in [4.69, 9.17) is 5.73 Å². The molecule has 0 radical (unpaired) electrons. The molecule has 0 saturated carbocycles. The number of benzene rings is 1. The van der Waals surface area contributed by atoms with Crippen molar-refractivity contribution in [2.24, 2.45) is 11.7 Å². The SMILES string of the molecule is CC(=O)NCc1ccc(C(=O)N2CC(CN)CC2C)cc1. The molecule has 1 saturated heterocycles. The molecule has 1 aliphatic rings. The van der Waals surface area contributed by atoms with Gasteiger partial charge in [-0.2, -0.15) is 0 Å². The van der Waals surface area contributed by atoms with Crippen LogP contribution in [0.2, 0.25) is 0 Å². The van der Waals surface area contributed by atoms with Crippen molar-refractivity contribution in [2.45, 2.75) is 32.9 Å². The van der Waals surface area contributed by atoms with Crippen LogP contribution in [-0.2, 0) is 11.3 Å². The van der Waals surface area contributed by atoms with Crippen LogP contribution in [0, 0.1) is 5.92 Å². The first-order valence-corrected chi connectivity index (χ1v) is 7.35. The van der Waals surface area contributed by atoms with Crippen molar-refractivity contribution < 1.29 is 9.59 Å². The Balaban J connectivity index is 2.01. The summed E-state index contributed by atoms with van der Waals surface area (Å²) in [5.74, 6) is 0.404. The molecule has 114 valence electrons. The minimum atomic E-state index is -0.0612. The molecular weight excluding hydrogens is 266 g/mol. The number of nitrogens with two attached hydrogens (primary N) is 1. The first kappa shape index (κ1) is 15.5. The zero-order valence-corrected chi connectivity index (χ0v) is 12.6. The van der Waals surface area contributed by atoms with E-state index in [0.717, 1.165) is 18.5 Å². The largest absolute Gasteiger partial charge is 0.352 e. The number of rotatable bonds is 4. The molecule has 0 spiro atoms. The quantitative estimate of drug-likeness (QED) is 0.872. The molecule has 1 aromatic rings. The third-order valence-corrected chi connectivity index (χ3v) is 4.00. The molecule has 2 unspecified atom stereocenters. The Labute approximate surface area is 125 Å². The molecule has 1 heterocycles. The monoisotopic (exact) mass is 289 g/mol. The predicted molar refractivity (Wildman–Crippen MR) is 81.6 cm³/mol. The highest BCUT2D eigenvalue weighted by Crippen LogP contribution is 2.24. The average Bonchev–Trinajstić information content (AvgIpc) is 2.86. The Morgan fingerprint density at radius 1 is 1.33 bits per heavy atom. The Bertz CT molecular complexity index is 513. The van der Waals surface area contributed by atoms with E-state index in [2.05, 4.69) is 12.2 Å². The summed E-state index contributed by atoms with van der Waals surface area (Å²) in [4.78, 5) is 25.3. The lowest BCUT2D eigenvalue weighted by Gasteiger charge is -2.21. The van der Waals surface area contributed by atoms with Gasteiger partial charge in [0.2, 0.25) is 5.91 Å². The van der Waals surface area contributed by atoms with Gasteiger partial charge in [0, 0.05) is 31.6 Å². The van der Waals surface area contributed by atoms with Crippen molar-refractivity contribution in [1.82, 2.24) is 10.2 Å². The third kappa shape index (κ3) is 3.82. The molecule has 3 N–H and O–H groups in total. The summed E-state index contributed by atoms with van der Waals surface area (Å²) >= 11 is 0. The highest BCUT2D eigenvalue weighted by Gasteiger charge is 2.31. The highest BCUT2D eigenvalue weighted by molar-refractivity contribution is 5.94. The van der Waals surface area contributed by atoms with E-state index >= 15 is 0 Å². The second-order valence-electron chi connectivity index (χ2n) is 5.75. The van der Waals surface area contributed by atoms with Gasteiger partial charge in [-0.15, -0.1) is 0 Å². The van der Waals surface area contributed by atoms with Crippen molar-refractivity contribution in [3.05, 3.63) is 35.4 Å². The maximum atomic E-state index is 12.5. The molecule has 2 atom stereocenters. The summed E-state index contributed by atoms with van der Waals surface area (Å²) in [5, 5.41) is 2.74. The van der Waals surface area contributed by atoms with Crippen LogP contribution in [0.25, 0.3) is 0 Å². The summed E-state index contributed by atoms with van der Waals surface area (Å²) < 4.78 is 0. The van der Waals surface area contributed by atoms with Crippen molar-refractivity contribution >= 4 is 11.8 Å². The van der Waals surface area contributed by atoms with Crippen LogP contribution in [0.15, 0.2) is 24.3 Å². The average molecular weight is 289 g/mol. The Kier molecular flexibility index (Phi) is 4.96. The fourth-order valence-electron chi connectivity index (χ4n) is 2.75. The standard InChI is InChI=1S/C16H23N3O2/c1-11-7-14(8-17)10-19(11)16(21)15-5-3-13(4-6-15)9-18-12(2)20/h3-6,11,14H,7-10,17H2,1-2H3,(H,18,20). The second kappa shape index (κ2) is 6.72. The number of carbonyl (C=O) groups is 2. The van der Waals surface area contributed by atoms with Gasteiger partial charge in [0.25, 0.3) is 5.91 Å². The van der Waals surface area contributed by atoms with Crippen LogP contribution in [0.4, 0.5) is 0 Å². The normalized spacial score (nSPS) is 21.4. The zero-order valence-electron chi connectivity index (χ0n) is 12.6. The summed E-state index contributed by atoms with van der Waals surface area (Å²) in [7, 11) is 0. The number of carbonyl (C=O) groups excluding carboxylic acids is 2. The Morgan fingerprint density at radius 3 is 2.52 bits per heavy atom. The summed E-state index contributed by atoms with van der Waals surface area (Å²) in [6, 6.07) is 7.64. The summed E-state index contributed by atoms with van der Waals surface area (Å²) in [5.41, 5.74) is 7.37. The number of amides is 2. The lowest BCUT2D eigenvalue weighted by molar-refractivity contribution is -0.119. The molecule has 0 aromatic heterocycles. The number of likely N-dealkylation sites (tertiary alicyclic amines) is 1. The van der Waals surface area contributed by atoms with Crippen molar-refractivity contribution in [1.29, 1.82) is 0 Å². The minimum absolute atomic E-state index is 0.0597. The highest BCUT2D eigenvalue weighted by atomic mass is 16.2. The lowest BCUT2D eigenvalue weighted by Crippen LogP contribution is -2.34. The molecule has 2 amide bonds. The number of hydrogen-bond donors (Lipinski definition) is 2. The number of hydrogen-bond acceptors (Lipinski definition) is 3. The van der Waals surface area contributed by atoms with Crippen LogP contribution in [0.1, 0.15) is 36.2 Å². The van der Waals surface area contributed by atoms with E-state index < -0.39 is 0 Å². The summed E-state index contributed by atoms with van der Waals surface area (Å²) in [6.45, 7) is 5.41. The second-order valence-corrected chi connectivity index (χ2v) is 5.75. The first-order valence-electron chi connectivity index (χ1n) is 7.35. The molecule has 5 heteroatoms. The molecule has 21 heavy (non-hydrogen) atoms. The van der Waals surface area contributed by atoms with Crippen molar-refractivity contribution in [2.75, 3.05) is 13.1 Å². The van der Waals surface area contributed by atoms with Gasteiger partial charge in [-0.3, -0.25) is 9.59 Å². The van der Waals surface area contributed by atoms with Crippen LogP contribution < -0.4 is 11.1 Å². The molecule has 1 fully saturated rings. The van der Waals surface area contributed by atoms with Crippen molar-refractivity contribution in [3.8, 4) is 0 Å². The predicted octanol–water partition coefficient (Wildman–Crippen LogP) is 1.13. The summed E-state index contributed by atoms with van der Waals surface area (Å²) in [6.07, 6.45) is 0.975. The lowest BCUT2D eigenvalue weighted by atomic mass is 10.1. The van der Waals surface area contributed by atoms with Crippen LogP contribution in [0.5, 0.6) is 0 Å². The first-order chi connectivity index (χ1) is 10.0. The van der Waals surface area contributed by atoms with Gasteiger partial charge < -0.3 is 16.0 Å². The minimum Gasteiger partial charge on any atom is -0.352 e. The van der Waals surface area contributed by atoms with E-state index in [1.807, 2.05) is 29.2 Å². The van der Waals surface area contributed by atoms with E-state index in [1.165, 1.54) is 6.92 Å². The fourth-order valence-corrected chi connectivity index (χ4v) is 2.75. The van der Waals surface area contributed by atoms with Crippen LogP contribution in [0.3, 0.4) is 0 Å². The topological polar surface area (TPSA) is 75.4 Å². The van der Waals surface area contributed by atoms with Crippen LogP contribution in [-0.4, -0.2) is 35.8 Å². The molecule has 1 aromatic carbocycles. The van der Waals surface area contributed by atoms with Gasteiger partial charge in [0.15, 0.2) is 0 Å². The zero-order chi connectivity index (χ0) is 15.4. The van der Waals surface area contributed by atoms with Gasteiger partial charge in [-0.25, -0.2) is 0 Å². The molecule has 1 aliphatic heterocycles. The third-order valence-electron chi connectivity index (χ3n) is 4.00. The number of nitrogens with one attached hydrogen (secondary N) is 1. The molecule has 5 nitrogen and oxygen atoms in total. The smallest absolute Gasteiger partial charge is 0.254 e. The maximum Gasteiger partial charge on any atom is 0.254 e. The van der Waals surface area contributed by atoms with E-state index in [-0.39, 0.29) is 17.9 Å². The Hall–Kier alpha value is -1.88. The van der Waals surface area contributed by atoms with Gasteiger partial charge in [-0.05, 0) is 43.5 Å². The molecular formula is C16H23N3O2. The number of nitrogens with zero attached hydrogens (tertiary/aromatic N) is 1.